The molecule has 1 saturated heterocycles. The van der Waals surface area contributed by atoms with Crippen LogP contribution in [0.4, 0.5) is 5.69 Å². The van der Waals surface area contributed by atoms with Gasteiger partial charge in [-0.05, 0) is 31.5 Å². The SMILES string of the molecule is CN1CCC(NCc2sccc2N)C1. The van der Waals surface area contributed by atoms with Crippen LogP contribution >= 0.6 is 11.3 Å². The topological polar surface area (TPSA) is 41.3 Å². The molecule has 3 N–H and O–H groups in total. The maximum Gasteiger partial charge on any atom is 0.0468 e. The van der Waals surface area contributed by atoms with Gasteiger partial charge in [0, 0.05) is 29.7 Å². The molecule has 0 radical (unpaired) electrons. The van der Waals surface area contributed by atoms with Crippen LogP contribution in [0, 0.1) is 0 Å². The Hall–Kier alpha value is -0.580. The third-order valence-electron chi connectivity index (χ3n) is 2.72. The summed E-state index contributed by atoms with van der Waals surface area (Å²) in [5, 5.41) is 5.59. The fourth-order valence-corrected chi connectivity index (χ4v) is 2.58. The molecule has 0 spiro atoms. The van der Waals surface area contributed by atoms with Crippen molar-refractivity contribution in [2.45, 2.75) is 19.0 Å². The first-order valence-corrected chi connectivity index (χ1v) is 5.87. The maximum atomic E-state index is 5.81. The van der Waals surface area contributed by atoms with Crippen molar-refractivity contribution in [1.29, 1.82) is 0 Å². The summed E-state index contributed by atoms with van der Waals surface area (Å²) in [7, 11) is 2.17. The summed E-state index contributed by atoms with van der Waals surface area (Å²) in [6.07, 6.45) is 1.25. The van der Waals surface area contributed by atoms with Gasteiger partial charge in [0.25, 0.3) is 0 Å². The highest BCUT2D eigenvalue weighted by Crippen LogP contribution is 2.19. The lowest BCUT2D eigenvalue weighted by molar-refractivity contribution is 0.398. The molecular weight excluding hydrogens is 194 g/mol. The molecule has 0 aliphatic carbocycles. The fourth-order valence-electron chi connectivity index (χ4n) is 1.83. The van der Waals surface area contributed by atoms with Crippen molar-refractivity contribution >= 4 is 17.0 Å². The number of nitrogen functional groups attached to an aromatic ring is 1. The van der Waals surface area contributed by atoms with Gasteiger partial charge < -0.3 is 16.0 Å². The summed E-state index contributed by atoms with van der Waals surface area (Å²) >= 11 is 1.73. The van der Waals surface area contributed by atoms with E-state index in [1.807, 2.05) is 11.4 Å². The van der Waals surface area contributed by atoms with Crippen molar-refractivity contribution < 1.29 is 0 Å². The Bertz CT molecular complexity index is 297. The zero-order valence-corrected chi connectivity index (χ0v) is 9.31. The maximum absolute atomic E-state index is 5.81. The fraction of sp³-hybridized carbons (Fsp3) is 0.600. The Kier molecular flexibility index (Phi) is 3.05. The first-order chi connectivity index (χ1) is 6.75. The molecular formula is C10H17N3S. The minimum absolute atomic E-state index is 0.640. The minimum Gasteiger partial charge on any atom is -0.398 e. The average Bonchev–Trinajstić information content (AvgIpc) is 2.72. The number of nitrogens with zero attached hydrogens (tertiary/aromatic N) is 1. The van der Waals surface area contributed by atoms with E-state index in [0.29, 0.717) is 6.04 Å². The van der Waals surface area contributed by atoms with Crippen molar-refractivity contribution in [3.8, 4) is 0 Å². The number of likely N-dealkylation sites (tertiary alicyclic amines) is 1. The number of likely N-dealkylation sites (N-methyl/N-ethyl adjacent to an activating group) is 1. The van der Waals surface area contributed by atoms with Gasteiger partial charge in [0.1, 0.15) is 0 Å². The second kappa shape index (κ2) is 4.29. The molecule has 1 aromatic rings. The molecule has 1 atom stereocenters. The molecule has 78 valence electrons. The molecule has 1 unspecified atom stereocenters. The van der Waals surface area contributed by atoms with Gasteiger partial charge in [-0.25, -0.2) is 0 Å². The highest BCUT2D eigenvalue weighted by Gasteiger charge is 2.18. The summed E-state index contributed by atoms with van der Waals surface area (Å²) in [5.41, 5.74) is 6.74. The van der Waals surface area contributed by atoms with E-state index in [4.69, 9.17) is 5.73 Å². The molecule has 1 fully saturated rings. The van der Waals surface area contributed by atoms with Gasteiger partial charge in [0.15, 0.2) is 0 Å². The van der Waals surface area contributed by atoms with Crippen molar-refractivity contribution in [3.63, 3.8) is 0 Å². The van der Waals surface area contributed by atoms with Crippen molar-refractivity contribution in [1.82, 2.24) is 10.2 Å². The number of hydrogen-bond donors (Lipinski definition) is 2. The quantitative estimate of drug-likeness (QED) is 0.787. The molecule has 3 nitrogen and oxygen atoms in total. The number of hydrogen-bond acceptors (Lipinski definition) is 4. The van der Waals surface area contributed by atoms with E-state index in [2.05, 4.69) is 17.3 Å². The van der Waals surface area contributed by atoms with Crippen LogP contribution in [0.1, 0.15) is 11.3 Å². The molecule has 1 aromatic heterocycles. The highest BCUT2D eigenvalue weighted by atomic mass is 32.1. The average molecular weight is 211 g/mol. The van der Waals surface area contributed by atoms with E-state index in [0.717, 1.165) is 18.8 Å². The molecule has 2 heterocycles. The predicted molar refractivity (Wildman–Crippen MR) is 61.5 cm³/mol. The van der Waals surface area contributed by atoms with Gasteiger partial charge in [-0.3, -0.25) is 0 Å². The Balaban J connectivity index is 1.80. The Morgan fingerprint density at radius 3 is 3.14 bits per heavy atom. The third-order valence-corrected chi connectivity index (χ3v) is 3.66. The van der Waals surface area contributed by atoms with Crippen molar-refractivity contribution in [2.24, 2.45) is 0 Å². The molecule has 0 aromatic carbocycles. The molecule has 0 saturated carbocycles. The molecule has 0 bridgehead atoms. The van der Waals surface area contributed by atoms with Gasteiger partial charge in [-0.2, -0.15) is 0 Å². The Labute approximate surface area is 88.9 Å². The largest absolute Gasteiger partial charge is 0.398 e. The van der Waals surface area contributed by atoms with Crippen molar-refractivity contribution in [3.05, 3.63) is 16.3 Å². The summed E-state index contributed by atoms with van der Waals surface area (Å²) in [5.74, 6) is 0. The van der Waals surface area contributed by atoms with E-state index in [9.17, 15) is 0 Å². The summed E-state index contributed by atoms with van der Waals surface area (Å²) in [6.45, 7) is 3.28. The number of rotatable bonds is 3. The summed E-state index contributed by atoms with van der Waals surface area (Å²) < 4.78 is 0. The molecule has 4 heteroatoms. The lowest BCUT2D eigenvalue weighted by Crippen LogP contribution is -2.30. The lowest BCUT2D eigenvalue weighted by Gasteiger charge is -2.12. The zero-order valence-electron chi connectivity index (χ0n) is 8.49. The van der Waals surface area contributed by atoms with Crippen LogP contribution in [0.5, 0.6) is 0 Å². The van der Waals surface area contributed by atoms with Crippen LogP contribution < -0.4 is 11.1 Å². The Morgan fingerprint density at radius 2 is 2.57 bits per heavy atom. The van der Waals surface area contributed by atoms with Gasteiger partial charge in [0.05, 0.1) is 0 Å². The number of nitrogens with two attached hydrogens (primary N) is 1. The van der Waals surface area contributed by atoms with Crippen LogP contribution in [0.3, 0.4) is 0 Å². The predicted octanol–water partition coefficient (Wildman–Crippen LogP) is 1.12. The van der Waals surface area contributed by atoms with E-state index in [1.54, 1.807) is 11.3 Å². The molecule has 0 amide bonds. The summed E-state index contributed by atoms with van der Waals surface area (Å²) in [4.78, 5) is 3.62. The van der Waals surface area contributed by atoms with Crippen LogP contribution in [-0.4, -0.2) is 31.1 Å². The third kappa shape index (κ3) is 2.26. The number of anilines is 1. The van der Waals surface area contributed by atoms with Gasteiger partial charge in [-0.1, -0.05) is 0 Å². The number of nitrogens with one attached hydrogen (secondary N) is 1. The van der Waals surface area contributed by atoms with Crippen molar-refractivity contribution in [2.75, 3.05) is 25.9 Å². The Morgan fingerprint density at radius 1 is 1.71 bits per heavy atom. The number of thiophene rings is 1. The minimum atomic E-state index is 0.640. The standard InChI is InChI=1S/C10H17N3S/c1-13-4-2-8(7-13)12-6-10-9(11)3-5-14-10/h3,5,8,12H,2,4,6-7,11H2,1H3. The second-order valence-corrected chi connectivity index (χ2v) is 4.93. The normalized spacial score (nSPS) is 23.1. The highest BCUT2D eigenvalue weighted by molar-refractivity contribution is 7.10. The smallest absolute Gasteiger partial charge is 0.0468 e. The van der Waals surface area contributed by atoms with Crippen LogP contribution in [0.25, 0.3) is 0 Å². The van der Waals surface area contributed by atoms with Gasteiger partial charge >= 0.3 is 0 Å². The first kappa shape index (κ1) is 9.96. The van der Waals surface area contributed by atoms with E-state index in [1.165, 1.54) is 17.8 Å². The molecule has 14 heavy (non-hydrogen) atoms. The van der Waals surface area contributed by atoms with Gasteiger partial charge in [-0.15, -0.1) is 11.3 Å². The first-order valence-electron chi connectivity index (χ1n) is 4.99. The second-order valence-electron chi connectivity index (χ2n) is 3.93. The molecule has 2 rings (SSSR count). The van der Waals surface area contributed by atoms with E-state index >= 15 is 0 Å². The van der Waals surface area contributed by atoms with E-state index in [-0.39, 0.29) is 0 Å². The lowest BCUT2D eigenvalue weighted by atomic mass is 10.2. The van der Waals surface area contributed by atoms with Gasteiger partial charge in [0.2, 0.25) is 0 Å². The zero-order chi connectivity index (χ0) is 9.97. The van der Waals surface area contributed by atoms with E-state index < -0.39 is 0 Å². The van der Waals surface area contributed by atoms with Crippen LogP contribution in [0.15, 0.2) is 11.4 Å². The molecule has 1 aliphatic heterocycles. The molecule has 1 aliphatic rings. The van der Waals surface area contributed by atoms with Crippen LogP contribution in [0.2, 0.25) is 0 Å². The summed E-state index contributed by atoms with van der Waals surface area (Å²) in [6, 6.07) is 2.61. The van der Waals surface area contributed by atoms with Crippen LogP contribution in [-0.2, 0) is 6.54 Å². The monoisotopic (exact) mass is 211 g/mol.